The van der Waals surface area contributed by atoms with Crippen molar-refractivity contribution in [3.8, 4) is 5.75 Å². The number of aryl methyl sites for hydroxylation is 2. The van der Waals surface area contributed by atoms with Crippen LogP contribution in [-0.4, -0.2) is 19.1 Å². The topological polar surface area (TPSA) is 81.9 Å². The van der Waals surface area contributed by atoms with Crippen LogP contribution in [0.1, 0.15) is 25.6 Å². The lowest BCUT2D eigenvalue weighted by Crippen LogP contribution is -2.31. The second kappa shape index (κ2) is 7.55. The number of aromatic nitrogens is 4. The molecule has 0 aliphatic carbocycles. The highest BCUT2D eigenvalue weighted by atomic mass is 35.5. The Hall–Kier alpha value is -2.25. The van der Waals surface area contributed by atoms with E-state index in [0.29, 0.717) is 39.3 Å². The zero-order chi connectivity index (χ0) is 18.8. The highest BCUT2D eigenvalue weighted by Crippen LogP contribution is 2.25. The lowest BCUT2D eigenvalue weighted by Gasteiger charge is -2.07. The molecule has 0 aliphatic heterocycles. The van der Waals surface area contributed by atoms with Crippen molar-refractivity contribution in [2.24, 2.45) is 7.05 Å². The number of imidazole rings is 1. The van der Waals surface area contributed by atoms with Gasteiger partial charge in [0.05, 0.1) is 0 Å². The number of H-pyrrole nitrogens is 1. The average Bonchev–Trinajstić information content (AvgIpc) is 2.89. The van der Waals surface area contributed by atoms with Crippen LogP contribution in [-0.2, 0) is 20.2 Å². The number of hydrogen-bond acceptors (Lipinski definition) is 4. The Labute approximate surface area is 159 Å². The Morgan fingerprint density at radius 3 is 2.54 bits per heavy atom. The Kier molecular flexibility index (Phi) is 5.38. The summed E-state index contributed by atoms with van der Waals surface area (Å²) in [6.45, 7) is 2.62. The summed E-state index contributed by atoms with van der Waals surface area (Å²) in [6.07, 6.45) is 1.73. The van der Waals surface area contributed by atoms with Gasteiger partial charge in [-0.1, -0.05) is 36.5 Å². The molecule has 0 spiro atoms. The number of nitrogens with one attached hydrogen (secondary N) is 1. The summed E-state index contributed by atoms with van der Waals surface area (Å²) in [5, 5.41) is 0.921. The molecule has 2 aromatic heterocycles. The molecule has 26 heavy (non-hydrogen) atoms. The van der Waals surface area contributed by atoms with Crippen LogP contribution in [0, 0.1) is 0 Å². The van der Waals surface area contributed by atoms with Gasteiger partial charge in [-0.05, 0) is 24.6 Å². The molecule has 0 radical (unpaired) electrons. The smallest absolute Gasteiger partial charge is 0.330 e. The fourth-order valence-electron chi connectivity index (χ4n) is 2.70. The third kappa shape index (κ3) is 3.64. The molecule has 3 aromatic rings. The first-order valence-corrected chi connectivity index (χ1v) is 8.93. The van der Waals surface area contributed by atoms with Crippen LogP contribution in [0.5, 0.6) is 5.75 Å². The Morgan fingerprint density at radius 1 is 1.19 bits per heavy atom. The van der Waals surface area contributed by atoms with Crippen LogP contribution in [0.15, 0.2) is 27.8 Å². The molecule has 7 nitrogen and oxygen atoms in total. The standard InChI is InChI=1S/C17H18Cl2N4O3/c1-3-4-5-23-15-14(16(24)21-17(23)25)22(2)13(20-15)9-26-12-7-10(18)6-11(19)8-12/h6-8H,3-5,9H2,1-2H3,(H,21,24,25). The highest BCUT2D eigenvalue weighted by Gasteiger charge is 2.16. The van der Waals surface area contributed by atoms with Gasteiger partial charge in [0.15, 0.2) is 11.2 Å². The maximum Gasteiger partial charge on any atom is 0.330 e. The quantitative estimate of drug-likeness (QED) is 0.693. The minimum absolute atomic E-state index is 0.100. The van der Waals surface area contributed by atoms with Crippen molar-refractivity contribution >= 4 is 34.4 Å². The number of benzene rings is 1. The predicted octanol–water partition coefficient (Wildman–Crippen LogP) is 3.11. The van der Waals surface area contributed by atoms with E-state index in [1.807, 2.05) is 6.92 Å². The summed E-state index contributed by atoms with van der Waals surface area (Å²) in [7, 11) is 1.71. The molecule has 0 unspecified atom stereocenters. The van der Waals surface area contributed by atoms with Crippen molar-refractivity contribution in [1.29, 1.82) is 0 Å². The molecule has 0 fully saturated rings. The summed E-state index contributed by atoms with van der Waals surface area (Å²) in [5.74, 6) is 1.00. The van der Waals surface area contributed by atoms with E-state index in [1.165, 1.54) is 4.57 Å². The van der Waals surface area contributed by atoms with E-state index in [-0.39, 0.29) is 6.61 Å². The van der Waals surface area contributed by atoms with E-state index in [4.69, 9.17) is 27.9 Å². The molecule has 1 aromatic carbocycles. The van der Waals surface area contributed by atoms with Crippen molar-refractivity contribution in [3.05, 3.63) is 54.9 Å². The van der Waals surface area contributed by atoms with Gasteiger partial charge in [0, 0.05) is 23.6 Å². The molecule has 0 bridgehead atoms. The first-order chi connectivity index (χ1) is 12.4. The van der Waals surface area contributed by atoms with Crippen molar-refractivity contribution in [2.75, 3.05) is 0 Å². The lowest BCUT2D eigenvalue weighted by molar-refractivity contribution is 0.292. The van der Waals surface area contributed by atoms with Crippen LogP contribution in [0.2, 0.25) is 10.0 Å². The maximum atomic E-state index is 12.2. The summed E-state index contributed by atoms with van der Waals surface area (Å²) in [6, 6.07) is 4.89. The minimum atomic E-state index is -0.468. The molecule has 0 atom stereocenters. The van der Waals surface area contributed by atoms with Crippen molar-refractivity contribution in [1.82, 2.24) is 19.1 Å². The molecule has 0 aliphatic rings. The Balaban J connectivity index is 1.99. The van der Waals surface area contributed by atoms with E-state index in [9.17, 15) is 9.59 Å². The van der Waals surface area contributed by atoms with Gasteiger partial charge in [-0.3, -0.25) is 14.3 Å². The average molecular weight is 397 g/mol. The molecule has 2 heterocycles. The zero-order valence-electron chi connectivity index (χ0n) is 14.4. The van der Waals surface area contributed by atoms with Crippen LogP contribution >= 0.6 is 23.2 Å². The zero-order valence-corrected chi connectivity index (χ0v) is 15.9. The molecular weight excluding hydrogens is 379 g/mol. The monoisotopic (exact) mass is 396 g/mol. The molecule has 0 saturated heterocycles. The maximum absolute atomic E-state index is 12.2. The third-order valence-electron chi connectivity index (χ3n) is 4.04. The second-order valence-corrected chi connectivity index (χ2v) is 6.79. The summed E-state index contributed by atoms with van der Waals surface area (Å²) in [4.78, 5) is 31.2. The predicted molar refractivity (Wildman–Crippen MR) is 101 cm³/mol. The SMILES string of the molecule is CCCCn1c(=O)[nH]c(=O)c2c1nc(COc1cc(Cl)cc(Cl)c1)n2C. The normalized spacial score (nSPS) is 11.2. The van der Waals surface area contributed by atoms with Crippen LogP contribution in [0.4, 0.5) is 0 Å². The molecule has 9 heteroatoms. The van der Waals surface area contributed by atoms with Gasteiger partial charge in [0.2, 0.25) is 0 Å². The van der Waals surface area contributed by atoms with Crippen LogP contribution in [0.3, 0.4) is 0 Å². The van der Waals surface area contributed by atoms with Crippen LogP contribution < -0.4 is 16.0 Å². The van der Waals surface area contributed by atoms with Crippen LogP contribution in [0.25, 0.3) is 11.2 Å². The minimum Gasteiger partial charge on any atom is -0.486 e. The van der Waals surface area contributed by atoms with Gasteiger partial charge in [0.25, 0.3) is 5.56 Å². The van der Waals surface area contributed by atoms with Gasteiger partial charge in [-0.25, -0.2) is 9.78 Å². The number of nitrogens with zero attached hydrogens (tertiary/aromatic N) is 3. The molecule has 3 rings (SSSR count). The largest absolute Gasteiger partial charge is 0.486 e. The Morgan fingerprint density at radius 2 is 1.88 bits per heavy atom. The molecule has 1 N–H and O–H groups in total. The summed E-state index contributed by atoms with van der Waals surface area (Å²) in [5.41, 5.74) is -0.228. The summed E-state index contributed by atoms with van der Waals surface area (Å²) < 4.78 is 8.82. The lowest BCUT2D eigenvalue weighted by atomic mass is 10.3. The molecule has 0 amide bonds. The fraction of sp³-hybridized carbons (Fsp3) is 0.353. The number of fused-ring (bicyclic) bond motifs is 1. The molecule has 0 saturated carbocycles. The van der Waals surface area contributed by atoms with Gasteiger partial charge in [-0.2, -0.15) is 0 Å². The fourth-order valence-corrected chi connectivity index (χ4v) is 3.21. The van der Waals surface area contributed by atoms with Crippen molar-refractivity contribution in [2.45, 2.75) is 32.9 Å². The first kappa shape index (κ1) is 18.5. The van der Waals surface area contributed by atoms with E-state index in [0.717, 1.165) is 12.8 Å². The molecule has 138 valence electrons. The summed E-state index contributed by atoms with van der Waals surface area (Å²) >= 11 is 11.9. The number of ether oxygens (including phenoxy) is 1. The Bertz CT molecular complexity index is 1050. The second-order valence-electron chi connectivity index (χ2n) is 5.92. The van der Waals surface area contributed by atoms with E-state index in [2.05, 4.69) is 9.97 Å². The van der Waals surface area contributed by atoms with Gasteiger partial charge >= 0.3 is 5.69 Å². The number of aromatic amines is 1. The number of hydrogen-bond donors (Lipinski definition) is 1. The van der Waals surface area contributed by atoms with Gasteiger partial charge < -0.3 is 9.30 Å². The van der Waals surface area contributed by atoms with Crippen molar-refractivity contribution in [3.63, 3.8) is 0 Å². The van der Waals surface area contributed by atoms with Crippen molar-refractivity contribution < 1.29 is 4.74 Å². The first-order valence-electron chi connectivity index (χ1n) is 8.18. The molecular formula is C17H18Cl2N4O3. The number of unbranched alkanes of at least 4 members (excludes halogenated alkanes) is 1. The number of halogens is 2. The third-order valence-corrected chi connectivity index (χ3v) is 4.48. The highest BCUT2D eigenvalue weighted by molar-refractivity contribution is 6.34. The van der Waals surface area contributed by atoms with Gasteiger partial charge in [0.1, 0.15) is 18.2 Å². The van der Waals surface area contributed by atoms with E-state index >= 15 is 0 Å². The van der Waals surface area contributed by atoms with Gasteiger partial charge in [-0.15, -0.1) is 0 Å². The number of rotatable bonds is 6. The van der Waals surface area contributed by atoms with E-state index in [1.54, 1.807) is 29.8 Å². The van der Waals surface area contributed by atoms with E-state index < -0.39 is 11.2 Å².